The molecule has 0 spiro atoms. The fraction of sp³-hybridized carbons (Fsp3) is 0.154. The van der Waals surface area contributed by atoms with Crippen LogP contribution >= 0.6 is 0 Å². The summed E-state index contributed by atoms with van der Waals surface area (Å²) in [5.41, 5.74) is 8.34. The van der Waals surface area contributed by atoms with E-state index in [0.717, 1.165) is 27.6 Å². The van der Waals surface area contributed by atoms with Crippen molar-refractivity contribution in [1.82, 2.24) is 15.0 Å². The first-order valence-electron chi connectivity index (χ1n) is 5.55. The maximum absolute atomic E-state index is 5.85. The Morgan fingerprint density at radius 2 is 2.00 bits per heavy atom. The van der Waals surface area contributed by atoms with Gasteiger partial charge in [0.15, 0.2) is 5.65 Å². The molecule has 1 aromatic carbocycles. The van der Waals surface area contributed by atoms with Gasteiger partial charge >= 0.3 is 0 Å². The Balaban J connectivity index is 2.52. The van der Waals surface area contributed by atoms with Crippen LogP contribution in [0.5, 0.6) is 5.75 Å². The van der Waals surface area contributed by atoms with Gasteiger partial charge in [-0.3, -0.25) is 0 Å². The van der Waals surface area contributed by atoms with Crippen LogP contribution in [0.15, 0.2) is 24.5 Å². The van der Waals surface area contributed by atoms with Crippen LogP contribution in [0.4, 0.5) is 5.82 Å². The Hall–Kier alpha value is -2.43. The van der Waals surface area contributed by atoms with E-state index in [2.05, 4.69) is 15.0 Å². The van der Waals surface area contributed by atoms with Crippen LogP contribution in [0, 0.1) is 6.92 Å². The molecule has 0 bridgehead atoms. The van der Waals surface area contributed by atoms with E-state index in [1.165, 1.54) is 6.33 Å². The molecule has 0 aliphatic heterocycles. The van der Waals surface area contributed by atoms with E-state index in [1.807, 2.05) is 25.1 Å². The maximum Gasteiger partial charge on any atom is 0.165 e. The van der Waals surface area contributed by atoms with Crippen LogP contribution < -0.4 is 10.5 Å². The number of hydrogen-bond acceptors (Lipinski definition) is 5. The summed E-state index contributed by atoms with van der Waals surface area (Å²) >= 11 is 0. The Kier molecular flexibility index (Phi) is 2.26. The molecule has 5 heteroatoms. The second kappa shape index (κ2) is 3.80. The van der Waals surface area contributed by atoms with Gasteiger partial charge in [0.2, 0.25) is 0 Å². The van der Waals surface area contributed by atoms with Crippen molar-refractivity contribution < 1.29 is 4.74 Å². The predicted molar refractivity (Wildman–Crippen MR) is 70.5 cm³/mol. The molecule has 3 rings (SSSR count). The highest BCUT2D eigenvalue weighted by Crippen LogP contribution is 2.29. The molecule has 0 saturated heterocycles. The second-order valence-electron chi connectivity index (χ2n) is 4.10. The number of hydrogen-bond donors (Lipinski definition) is 1. The highest BCUT2D eigenvalue weighted by molar-refractivity contribution is 5.99. The highest BCUT2D eigenvalue weighted by atomic mass is 16.5. The van der Waals surface area contributed by atoms with E-state index in [1.54, 1.807) is 7.11 Å². The first kappa shape index (κ1) is 10.7. The Morgan fingerprint density at radius 3 is 2.78 bits per heavy atom. The van der Waals surface area contributed by atoms with Crippen LogP contribution in [0.2, 0.25) is 0 Å². The first-order chi connectivity index (χ1) is 8.70. The van der Waals surface area contributed by atoms with Crippen molar-refractivity contribution in [2.45, 2.75) is 6.92 Å². The summed E-state index contributed by atoms with van der Waals surface area (Å²) in [6.45, 7) is 2.02. The number of aryl methyl sites for hydroxylation is 1. The van der Waals surface area contributed by atoms with Crippen LogP contribution in [-0.4, -0.2) is 22.1 Å². The third kappa shape index (κ3) is 1.44. The van der Waals surface area contributed by atoms with E-state index >= 15 is 0 Å². The number of nitrogens with zero attached hydrogens (tertiary/aromatic N) is 3. The first-order valence-corrected chi connectivity index (χ1v) is 5.55. The minimum atomic E-state index is 0.441. The van der Waals surface area contributed by atoms with Crippen LogP contribution in [-0.2, 0) is 0 Å². The average molecular weight is 240 g/mol. The number of anilines is 1. The summed E-state index contributed by atoms with van der Waals surface area (Å²) in [6, 6.07) is 5.86. The van der Waals surface area contributed by atoms with Crippen molar-refractivity contribution >= 4 is 27.8 Å². The molecule has 0 saturated carbocycles. The van der Waals surface area contributed by atoms with Gasteiger partial charge in [-0.1, -0.05) is 6.07 Å². The Bertz CT molecular complexity index is 755. The average Bonchev–Trinajstić information content (AvgIpc) is 2.38. The third-order valence-electron chi connectivity index (χ3n) is 3.02. The summed E-state index contributed by atoms with van der Waals surface area (Å²) in [5.74, 6) is 1.17. The maximum atomic E-state index is 5.85. The van der Waals surface area contributed by atoms with Crippen molar-refractivity contribution in [2.24, 2.45) is 0 Å². The Morgan fingerprint density at radius 1 is 1.17 bits per heavy atom. The molecule has 2 aromatic heterocycles. The fourth-order valence-electron chi connectivity index (χ4n) is 2.03. The zero-order chi connectivity index (χ0) is 12.7. The third-order valence-corrected chi connectivity index (χ3v) is 3.02. The topological polar surface area (TPSA) is 73.9 Å². The summed E-state index contributed by atoms with van der Waals surface area (Å²) in [6.07, 6.45) is 1.42. The monoisotopic (exact) mass is 240 g/mol. The lowest BCUT2D eigenvalue weighted by Crippen LogP contribution is -1.97. The van der Waals surface area contributed by atoms with Crippen molar-refractivity contribution in [1.29, 1.82) is 0 Å². The molecule has 0 aliphatic rings. The molecule has 5 nitrogen and oxygen atoms in total. The summed E-state index contributed by atoms with van der Waals surface area (Å²) < 4.78 is 5.32. The smallest absolute Gasteiger partial charge is 0.165 e. The number of aromatic nitrogens is 3. The standard InChI is InChI=1S/C13H12N4O/c1-7-3-4-10(18-2)11-8(7)5-9-12(14)15-6-16-13(9)17-11/h3-6H,1-2H3,(H2,14,15,16,17). The molecule has 2 heterocycles. The predicted octanol–water partition coefficient (Wildman–Crippen LogP) is 2.08. The number of fused-ring (bicyclic) bond motifs is 2. The quantitative estimate of drug-likeness (QED) is 0.659. The zero-order valence-electron chi connectivity index (χ0n) is 10.1. The largest absolute Gasteiger partial charge is 0.494 e. The summed E-state index contributed by atoms with van der Waals surface area (Å²) in [7, 11) is 1.63. The molecule has 0 atom stereocenters. The molecular weight excluding hydrogens is 228 g/mol. The van der Waals surface area contributed by atoms with E-state index in [0.29, 0.717) is 11.5 Å². The van der Waals surface area contributed by atoms with Crippen LogP contribution in [0.3, 0.4) is 0 Å². The fourth-order valence-corrected chi connectivity index (χ4v) is 2.03. The number of methoxy groups -OCH3 is 1. The Labute approximate surface area is 104 Å². The molecule has 0 radical (unpaired) electrons. The lowest BCUT2D eigenvalue weighted by molar-refractivity contribution is 0.419. The van der Waals surface area contributed by atoms with E-state index in [9.17, 15) is 0 Å². The molecule has 0 fully saturated rings. The molecule has 0 amide bonds. The molecule has 3 aromatic rings. The van der Waals surface area contributed by atoms with Gasteiger partial charge in [0, 0.05) is 5.39 Å². The summed E-state index contributed by atoms with van der Waals surface area (Å²) in [5, 5.41) is 1.77. The molecular formula is C13H12N4O. The van der Waals surface area contributed by atoms with Gasteiger partial charge in [-0.15, -0.1) is 0 Å². The van der Waals surface area contributed by atoms with Gasteiger partial charge in [-0.2, -0.15) is 0 Å². The molecule has 18 heavy (non-hydrogen) atoms. The molecule has 0 unspecified atom stereocenters. The molecule has 90 valence electrons. The van der Waals surface area contributed by atoms with Crippen molar-refractivity contribution in [3.63, 3.8) is 0 Å². The van der Waals surface area contributed by atoms with Crippen molar-refractivity contribution in [3.05, 3.63) is 30.1 Å². The lowest BCUT2D eigenvalue weighted by atomic mass is 10.1. The van der Waals surface area contributed by atoms with Crippen LogP contribution in [0.1, 0.15) is 5.56 Å². The van der Waals surface area contributed by atoms with Gasteiger partial charge < -0.3 is 10.5 Å². The van der Waals surface area contributed by atoms with Gasteiger partial charge in [-0.25, -0.2) is 15.0 Å². The van der Waals surface area contributed by atoms with Crippen molar-refractivity contribution in [2.75, 3.05) is 12.8 Å². The number of nitrogens with two attached hydrogens (primary N) is 1. The summed E-state index contributed by atoms with van der Waals surface area (Å²) in [4.78, 5) is 12.6. The normalized spacial score (nSPS) is 11.0. The minimum Gasteiger partial charge on any atom is -0.494 e. The van der Waals surface area contributed by atoms with Gasteiger partial charge in [0.05, 0.1) is 12.5 Å². The number of pyridine rings is 1. The molecule has 0 aliphatic carbocycles. The molecule has 2 N–H and O–H groups in total. The number of rotatable bonds is 1. The second-order valence-corrected chi connectivity index (χ2v) is 4.10. The highest BCUT2D eigenvalue weighted by Gasteiger charge is 2.10. The lowest BCUT2D eigenvalue weighted by Gasteiger charge is -2.08. The number of benzene rings is 1. The SMILES string of the molecule is COc1ccc(C)c2cc3c(N)ncnc3nc12. The van der Waals surface area contributed by atoms with E-state index in [-0.39, 0.29) is 0 Å². The van der Waals surface area contributed by atoms with Crippen molar-refractivity contribution in [3.8, 4) is 5.75 Å². The van der Waals surface area contributed by atoms with Gasteiger partial charge in [-0.05, 0) is 24.6 Å². The van der Waals surface area contributed by atoms with E-state index in [4.69, 9.17) is 10.5 Å². The number of nitrogen functional groups attached to an aromatic ring is 1. The minimum absolute atomic E-state index is 0.441. The zero-order valence-corrected chi connectivity index (χ0v) is 10.1. The number of ether oxygens (including phenoxy) is 1. The van der Waals surface area contributed by atoms with Gasteiger partial charge in [0.1, 0.15) is 23.4 Å². The van der Waals surface area contributed by atoms with Crippen LogP contribution in [0.25, 0.3) is 21.9 Å². The van der Waals surface area contributed by atoms with E-state index < -0.39 is 0 Å². The van der Waals surface area contributed by atoms with Gasteiger partial charge in [0.25, 0.3) is 0 Å².